The van der Waals surface area contributed by atoms with Crippen LogP contribution in [0.15, 0.2) is 42.5 Å². The van der Waals surface area contributed by atoms with Gasteiger partial charge < -0.3 is 10.6 Å². The van der Waals surface area contributed by atoms with Gasteiger partial charge in [-0.25, -0.2) is 4.98 Å². The van der Waals surface area contributed by atoms with E-state index < -0.39 is 0 Å². The van der Waals surface area contributed by atoms with Gasteiger partial charge in [0.2, 0.25) is 0 Å². The van der Waals surface area contributed by atoms with Crippen molar-refractivity contribution >= 4 is 17.2 Å². The number of hydrogen-bond acceptors (Lipinski definition) is 3. The minimum Gasteiger partial charge on any atom is -0.368 e. The lowest BCUT2D eigenvalue weighted by Gasteiger charge is -2.17. The molecule has 1 atom stereocenters. The van der Waals surface area contributed by atoms with Crippen molar-refractivity contribution in [1.29, 1.82) is 0 Å². The molecule has 3 nitrogen and oxygen atoms in total. The minimum absolute atomic E-state index is 0.447. The van der Waals surface area contributed by atoms with Crippen molar-refractivity contribution in [3.05, 3.63) is 48.2 Å². The Morgan fingerprint density at radius 2 is 1.68 bits per heavy atom. The van der Waals surface area contributed by atoms with Crippen LogP contribution in [0.2, 0.25) is 0 Å². The quantitative estimate of drug-likeness (QED) is 0.721. The van der Waals surface area contributed by atoms with Crippen molar-refractivity contribution in [3.8, 4) is 0 Å². The van der Waals surface area contributed by atoms with E-state index in [4.69, 9.17) is 0 Å². The van der Waals surface area contributed by atoms with Crippen molar-refractivity contribution in [1.82, 2.24) is 4.98 Å². The van der Waals surface area contributed by atoms with Gasteiger partial charge in [-0.2, -0.15) is 0 Å². The third-order valence-electron chi connectivity index (χ3n) is 3.71. The first-order valence-corrected chi connectivity index (χ1v) is 8.11. The summed E-state index contributed by atoms with van der Waals surface area (Å²) >= 11 is 0. The van der Waals surface area contributed by atoms with Crippen LogP contribution in [0.1, 0.15) is 39.3 Å². The fourth-order valence-electron chi connectivity index (χ4n) is 2.36. The zero-order valence-electron chi connectivity index (χ0n) is 14.1. The van der Waals surface area contributed by atoms with Crippen molar-refractivity contribution in [3.63, 3.8) is 0 Å². The standard InChI is InChI=1S/C19H27N3/c1-14(2)10-11-15(3)20-19-13-12-18(16(4)21-19)22-17-8-6-5-7-9-17/h5-9,12-15,22H,10-11H2,1-4H3,(H,20,21). The number of rotatable bonds is 7. The molecule has 0 amide bonds. The van der Waals surface area contributed by atoms with Gasteiger partial charge in [-0.15, -0.1) is 0 Å². The van der Waals surface area contributed by atoms with E-state index in [0.29, 0.717) is 6.04 Å². The van der Waals surface area contributed by atoms with Crippen LogP contribution < -0.4 is 10.6 Å². The van der Waals surface area contributed by atoms with Gasteiger partial charge in [0.15, 0.2) is 0 Å². The number of anilines is 3. The van der Waals surface area contributed by atoms with Crippen LogP contribution in [-0.4, -0.2) is 11.0 Å². The molecule has 0 bridgehead atoms. The highest BCUT2D eigenvalue weighted by Crippen LogP contribution is 2.21. The summed E-state index contributed by atoms with van der Waals surface area (Å²) in [6, 6.07) is 14.8. The Morgan fingerprint density at radius 1 is 0.955 bits per heavy atom. The highest BCUT2D eigenvalue weighted by Gasteiger charge is 2.06. The Labute approximate surface area is 134 Å². The molecule has 1 aromatic heterocycles. The molecule has 2 aromatic rings. The summed E-state index contributed by atoms with van der Waals surface area (Å²) in [7, 11) is 0. The maximum Gasteiger partial charge on any atom is 0.126 e. The summed E-state index contributed by atoms with van der Waals surface area (Å²) in [5, 5.41) is 6.89. The average Bonchev–Trinajstić information content (AvgIpc) is 2.49. The van der Waals surface area contributed by atoms with Gasteiger partial charge in [-0.05, 0) is 56.9 Å². The lowest BCUT2D eigenvalue weighted by Crippen LogP contribution is -2.17. The Hall–Kier alpha value is -2.03. The molecule has 0 fully saturated rings. The van der Waals surface area contributed by atoms with E-state index in [0.717, 1.165) is 28.8 Å². The molecule has 0 spiro atoms. The third kappa shape index (κ3) is 5.06. The predicted octanol–water partition coefficient (Wildman–Crippen LogP) is 5.37. The van der Waals surface area contributed by atoms with E-state index in [1.807, 2.05) is 31.2 Å². The normalized spacial score (nSPS) is 12.2. The van der Waals surface area contributed by atoms with E-state index in [1.165, 1.54) is 12.8 Å². The molecule has 0 saturated heterocycles. The molecule has 0 radical (unpaired) electrons. The molecule has 0 saturated carbocycles. The van der Waals surface area contributed by atoms with E-state index in [-0.39, 0.29) is 0 Å². The van der Waals surface area contributed by atoms with Crippen LogP contribution in [0.25, 0.3) is 0 Å². The molecular formula is C19H27N3. The Bertz CT molecular complexity index is 578. The van der Waals surface area contributed by atoms with Crippen LogP contribution in [0.3, 0.4) is 0 Å². The Balaban J connectivity index is 1.97. The first-order valence-electron chi connectivity index (χ1n) is 8.11. The minimum atomic E-state index is 0.447. The van der Waals surface area contributed by atoms with E-state index >= 15 is 0 Å². The first-order chi connectivity index (χ1) is 10.5. The van der Waals surface area contributed by atoms with Gasteiger partial charge in [0, 0.05) is 11.7 Å². The van der Waals surface area contributed by atoms with Gasteiger partial charge in [-0.3, -0.25) is 0 Å². The molecule has 2 rings (SSSR count). The second kappa shape index (κ2) is 7.83. The van der Waals surface area contributed by atoms with E-state index in [1.54, 1.807) is 0 Å². The molecule has 1 heterocycles. The van der Waals surface area contributed by atoms with Crippen LogP contribution in [0.4, 0.5) is 17.2 Å². The number of nitrogens with zero attached hydrogens (tertiary/aromatic N) is 1. The molecule has 22 heavy (non-hydrogen) atoms. The maximum absolute atomic E-state index is 4.66. The van der Waals surface area contributed by atoms with Crippen molar-refractivity contribution in [2.45, 2.75) is 46.6 Å². The zero-order chi connectivity index (χ0) is 15.9. The van der Waals surface area contributed by atoms with E-state index in [9.17, 15) is 0 Å². The van der Waals surface area contributed by atoms with Gasteiger partial charge in [0.25, 0.3) is 0 Å². The number of pyridine rings is 1. The fourth-order valence-corrected chi connectivity index (χ4v) is 2.36. The topological polar surface area (TPSA) is 37.0 Å². The fraction of sp³-hybridized carbons (Fsp3) is 0.421. The second-order valence-electron chi connectivity index (χ2n) is 6.34. The van der Waals surface area contributed by atoms with Crippen LogP contribution >= 0.6 is 0 Å². The number of aryl methyl sites for hydroxylation is 1. The molecular weight excluding hydrogens is 270 g/mol. The van der Waals surface area contributed by atoms with Crippen LogP contribution in [0, 0.1) is 12.8 Å². The highest BCUT2D eigenvalue weighted by atomic mass is 15.0. The summed E-state index contributed by atoms with van der Waals surface area (Å²) in [4.78, 5) is 4.66. The van der Waals surface area contributed by atoms with Crippen LogP contribution in [0.5, 0.6) is 0 Å². The van der Waals surface area contributed by atoms with Gasteiger partial charge >= 0.3 is 0 Å². The molecule has 2 N–H and O–H groups in total. The molecule has 118 valence electrons. The average molecular weight is 297 g/mol. The number of benzene rings is 1. The molecule has 0 aliphatic carbocycles. The molecule has 0 aliphatic heterocycles. The number of para-hydroxylation sites is 1. The first kappa shape index (κ1) is 16.3. The summed E-state index contributed by atoms with van der Waals surface area (Å²) in [5.41, 5.74) is 3.13. The molecule has 3 heteroatoms. The highest BCUT2D eigenvalue weighted by molar-refractivity contribution is 5.63. The summed E-state index contributed by atoms with van der Waals surface area (Å²) in [5.74, 6) is 1.70. The SMILES string of the molecule is Cc1nc(NC(C)CCC(C)C)ccc1Nc1ccccc1. The van der Waals surface area contributed by atoms with Gasteiger partial charge in [0.05, 0.1) is 11.4 Å². The zero-order valence-corrected chi connectivity index (χ0v) is 14.1. The summed E-state index contributed by atoms with van der Waals surface area (Å²) in [6.45, 7) is 8.78. The number of nitrogens with one attached hydrogen (secondary N) is 2. The lowest BCUT2D eigenvalue weighted by atomic mass is 10.0. The summed E-state index contributed by atoms with van der Waals surface area (Å²) < 4.78 is 0. The van der Waals surface area contributed by atoms with Crippen molar-refractivity contribution in [2.24, 2.45) is 5.92 Å². The van der Waals surface area contributed by atoms with Crippen molar-refractivity contribution < 1.29 is 0 Å². The smallest absolute Gasteiger partial charge is 0.126 e. The molecule has 0 aliphatic rings. The number of hydrogen-bond donors (Lipinski definition) is 2. The monoisotopic (exact) mass is 297 g/mol. The largest absolute Gasteiger partial charge is 0.368 e. The lowest BCUT2D eigenvalue weighted by molar-refractivity contribution is 0.527. The summed E-state index contributed by atoms with van der Waals surface area (Å²) in [6.07, 6.45) is 2.41. The third-order valence-corrected chi connectivity index (χ3v) is 3.71. The van der Waals surface area contributed by atoms with Crippen molar-refractivity contribution in [2.75, 3.05) is 10.6 Å². The van der Waals surface area contributed by atoms with Crippen LogP contribution in [-0.2, 0) is 0 Å². The molecule has 1 unspecified atom stereocenters. The van der Waals surface area contributed by atoms with E-state index in [2.05, 4.69) is 54.6 Å². The van der Waals surface area contributed by atoms with Gasteiger partial charge in [0.1, 0.15) is 5.82 Å². The van der Waals surface area contributed by atoms with Gasteiger partial charge in [-0.1, -0.05) is 32.0 Å². The Morgan fingerprint density at radius 3 is 2.32 bits per heavy atom. The predicted molar refractivity (Wildman–Crippen MR) is 95.9 cm³/mol. The maximum atomic E-state index is 4.66. The Kier molecular flexibility index (Phi) is 5.82. The molecule has 1 aromatic carbocycles. The number of aromatic nitrogens is 1. The second-order valence-corrected chi connectivity index (χ2v) is 6.34.